The summed E-state index contributed by atoms with van der Waals surface area (Å²) in [6, 6.07) is 13.8. The molecule has 1 saturated heterocycles. The van der Waals surface area contributed by atoms with Gasteiger partial charge in [-0.15, -0.1) is 0 Å². The molecule has 2 aromatic carbocycles. The minimum Gasteiger partial charge on any atom is -0.487 e. The number of halogens is 2. The smallest absolute Gasteiger partial charge is 0.290 e. The summed E-state index contributed by atoms with van der Waals surface area (Å²) in [4.78, 5) is 23.5. The lowest BCUT2D eigenvalue weighted by Gasteiger charge is -2.12. The van der Waals surface area contributed by atoms with E-state index in [1.54, 1.807) is 6.08 Å². The van der Waals surface area contributed by atoms with E-state index in [4.69, 9.17) is 4.74 Å². The average molecular weight is 563 g/mol. The number of carbonyl (C=O) groups is 2. The Kier molecular flexibility index (Phi) is 5.82. The van der Waals surface area contributed by atoms with Gasteiger partial charge in [0.25, 0.3) is 11.1 Å². The molecule has 1 aliphatic rings. The van der Waals surface area contributed by atoms with Crippen molar-refractivity contribution in [1.29, 1.82) is 0 Å². The highest BCUT2D eigenvalue weighted by Gasteiger charge is 2.25. The number of imide groups is 1. The Morgan fingerprint density at radius 1 is 1.12 bits per heavy atom. The van der Waals surface area contributed by atoms with Crippen LogP contribution in [0.5, 0.6) is 5.75 Å². The van der Waals surface area contributed by atoms with E-state index in [9.17, 15) is 9.59 Å². The molecule has 1 N–H and O–H groups in total. The van der Waals surface area contributed by atoms with Crippen LogP contribution in [0, 0.1) is 7.14 Å². The molecule has 0 atom stereocenters. The first-order valence-corrected chi connectivity index (χ1v) is 9.91. The van der Waals surface area contributed by atoms with Gasteiger partial charge in [-0.25, -0.2) is 0 Å². The molecule has 0 unspecified atom stereocenters. The fraction of sp³-hybridized carbons (Fsp3) is 0.0588. The number of ether oxygens (including phenoxy) is 1. The van der Waals surface area contributed by atoms with Crippen molar-refractivity contribution in [2.45, 2.75) is 6.61 Å². The van der Waals surface area contributed by atoms with Gasteiger partial charge < -0.3 is 4.74 Å². The normalized spacial score (nSPS) is 15.7. The number of hydrogen-bond donors (Lipinski definition) is 1. The first kappa shape index (κ1) is 17.7. The lowest BCUT2D eigenvalue weighted by Crippen LogP contribution is -2.17. The van der Waals surface area contributed by atoms with Crippen LogP contribution in [0.4, 0.5) is 4.79 Å². The molecule has 0 bridgehead atoms. The van der Waals surface area contributed by atoms with Crippen LogP contribution in [0.1, 0.15) is 11.1 Å². The van der Waals surface area contributed by atoms with Crippen molar-refractivity contribution < 1.29 is 14.3 Å². The van der Waals surface area contributed by atoms with E-state index in [1.165, 1.54) is 0 Å². The quantitative estimate of drug-likeness (QED) is 0.430. The number of thioether (sulfide) groups is 1. The van der Waals surface area contributed by atoms with Crippen molar-refractivity contribution in [3.8, 4) is 5.75 Å². The van der Waals surface area contributed by atoms with E-state index in [2.05, 4.69) is 50.5 Å². The second kappa shape index (κ2) is 7.87. The zero-order valence-electron chi connectivity index (χ0n) is 12.2. The van der Waals surface area contributed by atoms with E-state index < -0.39 is 0 Å². The molecule has 1 fully saturated rings. The summed E-state index contributed by atoms with van der Waals surface area (Å²) in [7, 11) is 0. The van der Waals surface area contributed by atoms with Gasteiger partial charge in [-0.1, -0.05) is 30.3 Å². The molecule has 122 valence electrons. The van der Waals surface area contributed by atoms with Crippen LogP contribution in [0.3, 0.4) is 0 Å². The monoisotopic (exact) mass is 563 g/mol. The van der Waals surface area contributed by atoms with Gasteiger partial charge in [0.15, 0.2) is 0 Å². The highest BCUT2D eigenvalue weighted by Crippen LogP contribution is 2.34. The van der Waals surface area contributed by atoms with Gasteiger partial charge in [0.05, 0.1) is 8.48 Å². The number of rotatable bonds is 4. The average Bonchev–Trinajstić information content (AvgIpc) is 2.85. The lowest BCUT2D eigenvalue weighted by atomic mass is 10.2. The Balaban J connectivity index is 1.92. The van der Waals surface area contributed by atoms with E-state index in [0.29, 0.717) is 17.3 Å². The predicted molar refractivity (Wildman–Crippen MR) is 112 cm³/mol. The highest BCUT2D eigenvalue weighted by atomic mass is 127. The van der Waals surface area contributed by atoms with E-state index in [1.807, 2.05) is 42.5 Å². The third-order valence-electron chi connectivity index (χ3n) is 3.19. The summed E-state index contributed by atoms with van der Waals surface area (Å²) in [6.07, 6.45) is 1.70. The third-order valence-corrected chi connectivity index (χ3v) is 5.43. The van der Waals surface area contributed by atoms with Gasteiger partial charge in [0.2, 0.25) is 0 Å². The Morgan fingerprint density at radius 3 is 2.54 bits per heavy atom. The second-order valence-electron chi connectivity index (χ2n) is 4.93. The summed E-state index contributed by atoms with van der Waals surface area (Å²) in [5, 5.41) is 1.92. The molecule has 0 saturated carbocycles. The Morgan fingerprint density at radius 2 is 1.88 bits per heavy atom. The maximum atomic E-state index is 11.8. The van der Waals surface area contributed by atoms with Crippen LogP contribution in [-0.4, -0.2) is 11.1 Å². The molecular weight excluding hydrogens is 552 g/mol. The van der Waals surface area contributed by atoms with Crippen LogP contribution in [-0.2, 0) is 11.4 Å². The van der Waals surface area contributed by atoms with Gasteiger partial charge in [0.1, 0.15) is 12.4 Å². The first-order valence-electron chi connectivity index (χ1n) is 6.93. The zero-order chi connectivity index (χ0) is 17.1. The third kappa shape index (κ3) is 4.31. The predicted octanol–water partition coefficient (Wildman–Crippen LogP) is 4.80. The highest BCUT2D eigenvalue weighted by molar-refractivity contribution is 14.1. The topological polar surface area (TPSA) is 55.4 Å². The van der Waals surface area contributed by atoms with E-state index in [0.717, 1.165) is 30.0 Å². The Hall–Kier alpha value is -1.07. The number of nitrogens with one attached hydrogen (secondary N) is 1. The van der Waals surface area contributed by atoms with Crippen molar-refractivity contribution in [2.75, 3.05) is 0 Å². The van der Waals surface area contributed by atoms with Gasteiger partial charge in [-0.2, -0.15) is 0 Å². The molecule has 7 heteroatoms. The molecule has 0 spiro atoms. The fourth-order valence-corrected chi connectivity index (χ4v) is 4.85. The molecule has 0 aromatic heterocycles. The molecule has 24 heavy (non-hydrogen) atoms. The number of hydrogen-bond acceptors (Lipinski definition) is 4. The molecule has 2 amide bonds. The second-order valence-corrected chi connectivity index (χ2v) is 8.36. The van der Waals surface area contributed by atoms with Crippen LogP contribution in [0.25, 0.3) is 6.08 Å². The maximum Gasteiger partial charge on any atom is 0.290 e. The largest absolute Gasteiger partial charge is 0.487 e. The van der Waals surface area contributed by atoms with Gasteiger partial charge in [0, 0.05) is 9.13 Å². The molecule has 2 aromatic rings. The van der Waals surface area contributed by atoms with Gasteiger partial charge in [-0.3, -0.25) is 14.9 Å². The molecule has 1 heterocycles. The van der Waals surface area contributed by atoms with E-state index >= 15 is 0 Å². The van der Waals surface area contributed by atoms with Crippen molar-refractivity contribution in [2.24, 2.45) is 0 Å². The van der Waals surface area contributed by atoms with Crippen molar-refractivity contribution in [3.05, 3.63) is 65.6 Å². The molecule has 1 aliphatic heterocycles. The van der Waals surface area contributed by atoms with Crippen molar-refractivity contribution >= 4 is 74.2 Å². The molecular formula is C17H11I2NO3S. The van der Waals surface area contributed by atoms with Crippen molar-refractivity contribution in [3.63, 3.8) is 0 Å². The molecule has 0 radical (unpaired) electrons. The number of benzene rings is 2. The minimum absolute atomic E-state index is 0.349. The fourth-order valence-electron chi connectivity index (χ4n) is 2.13. The van der Waals surface area contributed by atoms with Crippen LogP contribution < -0.4 is 10.1 Å². The SMILES string of the molecule is O=C1NC(=O)/C(=C/c2cc(I)cc(I)c2OCc2ccccc2)S1. The summed E-state index contributed by atoms with van der Waals surface area (Å²) in [6.45, 7) is 0.436. The lowest BCUT2D eigenvalue weighted by molar-refractivity contribution is -0.115. The van der Waals surface area contributed by atoms with E-state index in [-0.39, 0.29) is 11.1 Å². The van der Waals surface area contributed by atoms with Crippen LogP contribution in [0.15, 0.2) is 47.4 Å². The summed E-state index contributed by atoms with van der Waals surface area (Å²) < 4.78 is 7.99. The van der Waals surface area contributed by atoms with Gasteiger partial charge >= 0.3 is 0 Å². The minimum atomic E-state index is -0.368. The Labute approximate surface area is 170 Å². The molecule has 0 aliphatic carbocycles. The number of carbonyl (C=O) groups excluding carboxylic acids is 2. The zero-order valence-corrected chi connectivity index (χ0v) is 17.3. The standard InChI is InChI=1S/C17H11I2NO3S/c18-12-6-11(7-14-16(21)20-17(22)24-14)15(13(19)8-12)23-9-10-4-2-1-3-5-10/h1-8H,9H2,(H,20,21,22)/b14-7-. The summed E-state index contributed by atoms with van der Waals surface area (Å²) >= 11 is 5.34. The number of amides is 2. The van der Waals surface area contributed by atoms with Crippen LogP contribution in [0.2, 0.25) is 0 Å². The summed E-state index contributed by atoms with van der Waals surface area (Å²) in [5.41, 5.74) is 1.85. The first-order chi connectivity index (χ1) is 11.5. The molecule has 3 rings (SSSR count). The van der Waals surface area contributed by atoms with Gasteiger partial charge in [-0.05, 0) is 80.7 Å². The maximum absolute atomic E-state index is 11.8. The summed E-state index contributed by atoms with van der Waals surface area (Å²) in [5.74, 6) is 0.341. The van der Waals surface area contributed by atoms with Crippen LogP contribution >= 0.6 is 56.9 Å². The van der Waals surface area contributed by atoms with Crippen molar-refractivity contribution in [1.82, 2.24) is 5.32 Å². The molecule has 4 nitrogen and oxygen atoms in total. The Bertz CT molecular complexity index is 837.